The first kappa shape index (κ1) is 13.5. The van der Waals surface area contributed by atoms with Gasteiger partial charge in [-0.2, -0.15) is 0 Å². The molecule has 2 aromatic rings. The summed E-state index contributed by atoms with van der Waals surface area (Å²) in [6, 6.07) is 8.00. The highest BCUT2D eigenvalue weighted by Gasteiger charge is 2.30. The number of amides is 1. The molecule has 0 N–H and O–H groups in total. The molecule has 21 heavy (non-hydrogen) atoms. The number of ether oxygens (including phenoxy) is 1. The van der Waals surface area contributed by atoms with E-state index in [0.717, 1.165) is 30.7 Å². The third-order valence-electron chi connectivity index (χ3n) is 3.80. The molecular weight excluding hydrogens is 266 g/mol. The Hall–Kier alpha value is -2.43. The lowest BCUT2D eigenvalue weighted by Gasteiger charge is -2.25. The van der Waals surface area contributed by atoms with Gasteiger partial charge in [0, 0.05) is 18.9 Å². The van der Waals surface area contributed by atoms with Gasteiger partial charge in [-0.25, -0.2) is 9.97 Å². The number of rotatable bonds is 3. The van der Waals surface area contributed by atoms with Gasteiger partial charge in [-0.15, -0.1) is 0 Å². The number of aromatic nitrogens is 2. The van der Waals surface area contributed by atoms with E-state index in [-0.39, 0.29) is 11.9 Å². The minimum atomic E-state index is -0.0130. The zero-order valence-electron chi connectivity index (χ0n) is 11.9. The maximum Gasteiger partial charge on any atom is 0.257 e. The summed E-state index contributed by atoms with van der Waals surface area (Å²) in [5.41, 5.74) is 1.64. The van der Waals surface area contributed by atoms with Crippen molar-refractivity contribution in [2.75, 3.05) is 13.7 Å². The predicted molar refractivity (Wildman–Crippen MR) is 78.0 cm³/mol. The average molecular weight is 283 g/mol. The van der Waals surface area contributed by atoms with Gasteiger partial charge in [0.25, 0.3) is 5.91 Å². The van der Waals surface area contributed by atoms with Crippen molar-refractivity contribution in [3.8, 4) is 5.75 Å². The van der Waals surface area contributed by atoms with E-state index in [9.17, 15) is 4.79 Å². The molecule has 2 heterocycles. The van der Waals surface area contributed by atoms with E-state index in [1.54, 1.807) is 19.5 Å². The molecule has 5 heteroatoms. The van der Waals surface area contributed by atoms with Gasteiger partial charge >= 0.3 is 0 Å². The third kappa shape index (κ3) is 2.72. The lowest BCUT2D eigenvalue weighted by Crippen LogP contribution is -2.30. The maximum absolute atomic E-state index is 12.6. The van der Waals surface area contributed by atoms with Crippen LogP contribution in [0.25, 0.3) is 0 Å². The molecule has 108 valence electrons. The quantitative estimate of drug-likeness (QED) is 0.868. The summed E-state index contributed by atoms with van der Waals surface area (Å²) in [6.07, 6.45) is 6.53. The number of hydrogen-bond donors (Lipinski definition) is 0. The van der Waals surface area contributed by atoms with Crippen LogP contribution in [0.2, 0.25) is 0 Å². The molecule has 1 amide bonds. The van der Waals surface area contributed by atoms with Crippen molar-refractivity contribution < 1.29 is 9.53 Å². The molecule has 0 bridgehead atoms. The first-order valence-electron chi connectivity index (χ1n) is 6.99. The van der Waals surface area contributed by atoms with E-state index in [0.29, 0.717) is 5.56 Å². The van der Waals surface area contributed by atoms with Gasteiger partial charge in [0.1, 0.15) is 12.1 Å². The molecule has 1 atom stereocenters. The number of benzene rings is 1. The Balaban J connectivity index is 1.87. The summed E-state index contributed by atoms with van der Waals surface area (Å²) in [7, 11) is 1.65. The molecule has 1 aliphatic rings. The Labute approximate surface area is 123 Å². The predicted octanol–water partition coefficient (Wildman–Crippen LogP) is 2.46. The van der Waals surface area contributed by atoms with Gasteiger partial charge in [-0.3, -0.25) is 4.79 Å². The van der Waals surface area contributed by atoms with Gasteiger partial charge in [-0.05, 0) is 30.5 Å². The van der Waals surface area contributed by atoms with E-state index in [4.69, 9.17) is 4.74 Å². The van der Waals surface area contributed by atoms with Crippen molar-refractivity contribution in [1.82, 2.24) is 14.9 Å². The van der Waals surface area contributed by atoms with Crippen molar-refractivity contribution in [2.45, 2.75) is 18.9 Å². The second-order valence-corrected chi connectivity index (χ2v) is 5.06. The van der Waals surface area contributed by atoms with Crippen molar-refractivity contribution in [3.63, 3.8) is 0 Å². The Kier molecular flexibility index (Phi) is 3.81. The number of hydrogen-bond acceptors (Lipinski definition) is 4. The highest BCUT2D eigenvalue weighted by atomic mass is 16.5. The summed E-state index contributed by atoms with van der Waals surface area (Å²) >= 11 is 0. The van der Waals surface area contributed by atoms with Crippen LogP contribution >= 0.6 is 0 Å². The molecule has 1 aliphatic heterocycles. The summed E-state index contributed by atoms with van der Waals surface area (Å²) in [4.78, 5) is 22.3. The van der Waals surface area contributed by atoms with Crippen molar-refractivity contribution >= 4 is 5.91 Å². The fourth-order valence-corrected chi connectivity index (χ4v) is 2.78. The SMILES string of the molecule is COc1cccc([C@H]2CCCN2C(=O)c2cncnc2)c1. The van der Waals surface area contributed by atoms with Crippen LogP contribution in [0, 0.1) is 0 Å². The zero-order chi connectivity index (χ0) is 14.7. The van der Waals surface area contributed by atoms with E-state index in [1.807, 2.05) is 29.2 Å². The van der Waals surface area contributed by atoms with Crippen molar-refractivity contribution in [2.24, 2.45) is 0 Å². The van der Waals surface area contributed by atoms with Crippen LogP contribution in [0.4, 0.5) is 0 Å². The number of carbonyl (C=O) groups is 1. The highest BCUT2D eigenvalue weighted by molar-refractivity contribution is 5.94. The van der Waals surface area contributed by atoms with Gasteiger partial charge in [-0.1, -0.05) is 12.1 Å². The smallest absolute Gasteiger partial charge is 0.257 e. The van der Waals surface area contributed by atoms with Crippen LogP contribution in [0.15, 0.2) is 43.0 Å². The monoisotopic (exact) mass is 283 g/mol. The highest BCUT2D eigenvalue weighted by Crippen LogP contribution is 2.34. The Morgan fingerprint density at radius 1 is 1.33 bits per heavy atom. The number of nitrogens with zero attached hydrogens (tertiary/aromatic N) is 3. The standard InChI is InChI=1S/C16H17N3O2/c1-21-14-5-2-4-12(8-14)15-6-3-7-19(15)16(20)13-9-17-11-18-10-13/h2,4-5,8-11,15H,3,6-7H2,1H3/t15-/m1/s1. The van der Waals surface area contributed by atoms with Crippen LogP contribution < -0.4 is 4.74 Å². The number of likely N-dealkylation sites (tertiary alicyclic amines) is 1. The fourth-order valence-electron chi connectivity index (χ4n) is 2.78. The number of methoxy groups -OCH3 is 1. The molecule has 1 aromatic carbocycles. The molecule has 0 saturated carbocycles. The molecule has 0 unspecified atom stereocenters. The van der Waals surface area contributed by atoms with Crippen molar-refractivity contribution in [1.29, 1.82) is 0 Å². The van der Waals surface area contributed by atoms with Gasteiger partial charge in [0.2, 0.25) is 0 Å². The molecule has 1 aromatic heterocycles. The van der Waals surface area contributed by atoms with Crippen molar-refractivity contribution in [3.05, 3.63) is 54.1 Å². The molecule has 0 radical (unpaired) electrons. The lowest BCUT2D eigenvalue weighted by atomic mass is 10.0. The van der Waals surface area contributed by atoms with Gasteiger partial charge < -0.3 is 9.64 Å². The Morgan fingerprint density at radius 3 is 2.90 bits per heavy atom. The Morgan fingerprint density at radius 2 is 2.14 bits per heavy atom. The first-order chi connectivity index (χ1) is 10.3. The van der Waals surface area contributed by atoms with Crippen LogP contribution in [0.5, 0.6) is 5.75 Å². The fraction of sp³-hybridized carbons (Fsp3) is 0.312. The van der Waals surface area contributed by atoms with E-state index in [1.165, 1.54) is 6.33 Å². The molecular formula is C16H17N3O2. The average Bonchev–Trinajstić information content (AvgIpc) is 3.04. The first-order valence-corrected chi connectivity index (χ1v) is 6.99. The van der Waals surface area contributed by atoms with Crippen LogP contribution in [0.3, 0.4) is 0 Å². The van der Waals surface area contributed by atoms with E-state index >= 15 is 0 Å². The Bertz CT molecular complexity index is 630. The minimum absolute atomic E-state index is 0.0130. The summed E-state index contributed by atoms with van der Waals surface area (Å²) in [5, 5.41) is 0. The molecule has 0 aliphatic carbocycles. The molecule has 3 rings (SSSR count). The summed E-state index contributed by atoms with van der Waals surface area (Å²) in [6.45, 7) is 0.760. The zero-order valence-corrected chi connectivity index (χ0v) is 11.9. The molecule has 1 saturated heterocycles. The van der Waals surface area contributed by atoms with Crippen LogP contribution in [-0.4, -0.2) is 34.4 Å². The van der Waals surface area contributed by atoms with Crippen LogP contribution in [-0.2, 0) is 0 Å². The van der Waals surface area contributed by atoms with Crippen LogP contribution in [0.1, 0.15) is 34.8 Å². The van der Waals surface area contributed by atoms with Gasteiger partial charge in [0.15, 0.2) is 0 Å². The molecule has 0 spiro atoms. The largest absolute Gasteiger partial charge is 0.497 e. The maximum atomic E-state index is 12.6. The minimum Gasteiger partial charge on any atom is -0.497 e. The topological polar surface area (TPSA) is 55.3 Å². The normalized spacial score (nSPS) is 17.8. The molecule has 5 nitrogen and oxygen atoms in total. The summed E-state index contributed by atoms with van der Waals surface area (Å²) < 4.78 is 5.27. The number of carbonyl (C=O) groups excluding carboxylic acids is 1. The van der Waals surface area contributed by atoms with Gasteiger partial charge in [0.05, 0.1) is 18.7 Å². The molecule has 1 fully saturated rings. The second kappa shape index (κ2) is 5.91. The summed E-state index contributed by atoms with van der Waals surface area (Å²) in [5.74, 6) is 0.802. The van der Waals surface area contributed by atoms with E-state index in [2.05, 4.69) is 9.97 Å². The second-order valence-electron chi connectivity index (χ2n) is 5.06. The third-order valence-corrected chi connectivity index (χ3v) is 3.80. The lowest BCUT2D eigenvalue weighted by molar-refractivity contribution is 0.0734. The van der Waals surface area contributed by atoms with E-state index < -0.39 is 0 Å².